The molecule has 1 aliphatic heterocycles. The first-order valence-corrected chi connectivity index (χ1v) is 9.60. The van der Waals surface area contributed by atoms with Crippen LogP contribution >= 0.6 is 11.8 Å². The number of nitrogens with one attached hydrogen (secondary N) is 2. The van der Waals surface area contributed by atoms with Gasteiger partial charge < -0.3 is 20.5 Å². The number of aliphatic hydroxyl groups excluding tert-OH is 1. The third kappa shape index (κ3) is 3.23. The second-order valence-electron chi connectivity index (χ2n) is 6.44. The molecule has 2 aromatic carbocycles. The Morgan fingerprint density at radius 2 is 2.04 bits per heavy atom. The maximum absolute atomic E-state index is 11.5. The van der Waals surface area contributed by atoms with Crippen molar-refractivity contribution in [2.24, 2.45) is 0 Å². The van der Waals surface area contributed by atoms with E-state index in [2.05, 4.69) is 22.4 Å². The summed E-state index contributed by atoms with van der Waals surface area (Å²) in [5, 5.41) is 24.8. The highest BCUT2D eigenvalue weighted by Gasteiger charge is 2.21. The molecule has 4 N–H and O–H groups in total. The van der Waals surface area contributed by atoms with Crippen LogP contribution in [0.3, 0.4) is 0 Å². The second kappa shape index (κ2) is 7.15. The highest BCUT2D eigenvalue weighted by molar-refractivity contribution is 7.99. The molecule has 5 nitrogen and oxygen atoms in total. The van der Waals surface area contributed by atoms with Crippen LogP contribution in [0, 0.1) is 0 Å². The Hall–Kier alpha value is -2.28. The van der Waals surface area contributed by atoms with Crippen LogP contribution in [0.5, 0.6) is 5.75 Å². The van der Waals surface area contributed by atoms with E-state index < -0.39 is 6.10 Å². The Kier molecular flexibility index (Phi) is 4.72. The molecule has 0 radical (unpaired) electrons. The lowest BCUT2D eigenvalue weighted by molar-refractivity contribution is 0.170. The largest absolute Gasteiger partial charge is 0.506 e. The minimum absolute atomic E-state index is 0.000146. The third-order valence-corrected chi connectivity index (χ3v) is 5.90. The van der Waals surface area contributed by atoms with Gasteiger partial charge in [-0.05, 0) is 41.5 Å². The summed E-state index contributed by atoms with van der Waals surface area (Å²) in [6.45, 7) is 0.392. The summed E-state index contributed by atoms with van der Waals surface area (Å²) >= 11 is 1.86. The molecule has 1 aliphatic rings. The van der Waals surface area contributed by atoms with Crippen LogP contribution in [0.4, 0.5) is 0 Å². The summed E-state index contributed by atoms with van der Waals surface area (Å²) in [7, 11) is 0. The zero-order valence-corrected chi connectivity index (χ0v) is 14.9. The molecule has 134 valence electrons. The first-order chi connectivity index (χ1) is 12.6. The number of aromatic hydroxyl groups is 1. The standard InChI is InChI=1S/C20H20N2O3S/c23-16-7-5-12(13-6-8-19(25)22-20(13)16)17(24)11-21-15-9-10-26-18-4-2-1-3-14(15)18/h1-8,15,17,21,23-24H,9-11H2,(H,22,25)/t15?,17-/m0/s1. The van der Waals surface area contributed by atoms with Gasteiger partial charge in [-0.2, -0.15) is 0 Å². The number of benzene rings is 2. The van der Waals surface area contributed by atoms with Crippen LogP contribution < -0.4 is 10.9 Å². The second-order valence-corrected chi connectivity index (χ2v) is 7.57. The van der Waals surface area contributed by atoms with Gasteiger partial charge in [0.25, 0.3) is 0 Å². The van der Waals surface area contributed by atoms with Crippen LogP contribution in [0.2, 0.25) is 0 Å². The fraction of sp³-hybridized carbons (Fsp3) is 0.250. The number of aromatic amines is 1. The molecule has 26 heavy (non-hydrogen) atoms. The van der Waals surface area contributed by atoms with Crippen molar-refractivity contribution in [2.75, 3.05) is 12.3 Å². The maximum atomic E-state index is 11.5. The lowest BCUT2D eigenvalue weighted by Gasteiger charge is -2.27. The lowest BCUT2D eigenvalue weighted by Crippen LogP contribution is -2.28. The quantitative estimate of drug-likeness (QED) is 0.569. The summed E-state index contributed by atoms with van der Waals surface area (Å²) in [4.78, 5) is 15.4. The molecule has 0 aliphatic carbocycles. The van der Waals surface area contributed by atoms with Crippen LogP contribution in [0.25, 0.3) is 10.9 Å². The van der Waals surface area contributed by atoms with Crippen molar-refractivity contribution < 1.29 is 10.2 Å². The normalized spacial score (nSPS) is 17.8. The molecule has 3 aromatic rings. The number of phenols is 1. The Balaban J connectivity index is 1.57. The molecule has 1 unspecified atom stereocenters. The van der Waals surface area contributed by atoms with E-state index in [1.165, 1.54) is 22.6 Å². The van der Waals surface area contributed by atoms with Gasteiger partial charge in [-0.1, -0.05) is 24.3 Å². The van der Waals surface area contributed by atoms with Crippen molar-refractivity contribution in [2.45, 2.75) is 23.5 Å². The highest BCUT2D eigenvalue weighted by Crippen LogP contribution is 2.36. The number of aliphatic hydroxyl groups is 1. The molecule has 0 bridgehead atoms. The fourth-order valence-corrected chi connectivity index (χ4v) is 4.59. The molecule has 0 saturated heterocycles. The third-order valence-electron chi connectivity index (χ3n) is 4.78. The molecule has 0 amide bonds. The molecular weight excluding hydrogens is 348 g/mol. The molecule has 2 heterocycles. The van der Waals surface area contributed by atoms with E-state index in [-0.39, 0.29) is 17.4 Å². The smallest absolute Gasteiger partial charge is 0.248 e. The Morgan fingerprint density at radius 3 is 2.92 bits per heavy atom. The van der Waals surface area contributed by atoms with Crippen LogP contribution in [-0.2, 0) is 0 Å². The molecule has 0 spiro atoms. The van der Waals surface area contributed by atoms with Crippen molar-refractivity contribution in [3.63, 3.8) is 0 Å². The lowest BCUT2D eigenvalue weighted by atomic mass is 10.0. The first-order valence-electron chi connectivity index (χ1n) is 8.61. The van der Waals surface area contributed by atoms with Gasteiger partial charge in [-0.25, -0.2) is 0 Å². The van der Waals surface area contributed by atoms with Crippen LogP contribution in [0.1, 0.15) is 29.7 Å². The topological polar surface area (TPSA) is 85.3 Å². The minimum atomic E-state index is -0.745. The summed E-state index contributed by atoms with van der Waals surface area (Å²) in [6, 6.07) is 14.8. The summed E-state index contributed by atoms with van der Waals surface area (Å²) < 4.78 is 0. The summed E-state index contributed by atoms with van der Waals surface area (Å²) in [5.74, 6) is 1.05. The van der Waals surface area contributed by atoms with E-state index in [0.717, 1.165) is 12.2 Å². The number of thioether (sulfide) groups is 1. The molecule has 4 rings (SSSR count). The molecule has 1 aromatic heterocycles. The van der Waals surface area contributed by atoms with E-state index in [1.807, 2.05) is 23.9 Å². The summed E-state index contributed by atoms with van der Waals surface area (Å²) in [5.41, 5.74) is 2.03. The van der Waals surface area contributed by atoms with Gasteiger partial charge in [-0.15, -0.1) is 11.8 Å². The Labute approximate surface area is 155 Å². The maximum Gasteiger partial charge on any atom is 0.248 e. The van der Waals surface area contributed by atoms with Crippen molar-refractivity contribution in [3.8, 4) is 5.75 Å². The van der Waals surface area contributed by atoms with Gasteiger partial charge in [0.1, 0.15) is 5.75 Å². The number of hydrogen-bond donors (Lipinski definition) is 4. The number of hydrogen-bond acceptors (Lipinski definition) is 5. The first kappa shape index (κ1) is 17.1. The van der Waals surface area contributed by atoms with Crippen molar-refractivity contribution >= 4 is 22.7 Å². The van der Waals surface area contributed by atoms with Gasteiger partial charge in [0, 0.05) is 28.9 Å². The van der Waals surface area contributed by atoms with Crippen LogP contribution in [-0.4, -0.2) is 27.5 Å². The zero-order valence-electron chi connectivity index (χ0n) is 14.1. The molecule has 2 atom stereocenters. The predicted molar refractivity (Wildman–Crippen MR) is 104 cm³/mol. The van der Waals surface area contributed by atoms with Crippen molar-refractivity contribution in [1.29, 1.82) is 0 Å². The Morgan fingerprint density at radius 1 is 1.19 bits per heavy atom. The number of pyridine rings is 1. The minimum Gasteiger partial charge on any atom is -0.506 e. The highest BCUT2D eigenvalue weighted by atomic mass is 32.2. The Bertz CT molecular complexity index is 1000. The van der Waals surface area contributed by atoms with E-state index in [9.17, 15) is 15.0 Å². The van der Waals surface area contributed by atoms with E-state index >= 15 is 0 Å². The van der Waals surface area contributed by atoms with Gasteiger partial charge >= 0.3 is 0 Å². The number of aromatic nitrogens is 1. The SMILES string of the molecule is O=c1ccc2c([C@@H](O)CNC3CCSc4ccccc43)ccc(O)c2[nH]1. The van der Waals surface area contributed by atoms with E-state index in [0.29, 0.717) is 23.0 Å². The van der Waals surface area contributed by atoms with Gasteiger partial charge in [-0.3, -0.25) is 4.79 Å². The number of fused-ring (bicyclic) bond motifs is 2. The van der Waals surface area contributed by atoms with Crippen LogP contribution in [0.15, 0.2) is 58.2 Å². The van der Waals surface area contributed by atoms with E-state index in [1.54, 1.807) is 12.1 Å². The number of H-pyrrole nitrogens is 1. The molecule has 0 saturated carbocycles. The number of rotatable bonds is 4. The van der Waals surface area contributed by atoms with Crippen molar-refractivity contribution in [3.05, 3.63) is 70.0 Å². The summed E-state index contributed by atoms with van der Waals surface area (Å²) in [6.07, 6.45) is 0.267. The average Bonchev–Trinajstić information content (AvgIpc) is 2.66. The van der Waals surface area contributed by atoms with E-state index in [4.69, 9.17) is 0 Å². The molecule has 6 heteroatoms. The average molecular weight is 368 g/mol. The fourth-order valence-electron chi connectivity index (χ4n) is 3.47. The molecular formula is C20H20N2O3S. The molecule has 0 fully saturated rings. The van der Waals surface area contributed by atoms with Gasteiger partial charge in [0.15, 0.2) is 0 Å². The predicted octanol–water partition coefficient (Wildman–Crippen LogP) is 3.09. The van der Waals surface area contributed by atoms with Gasteiger partial charge in [0.05, 0.1) is 11.6 Å². The monoisotopic (exact) mass is 368 g/mol. The zero-order chi connectivity index (χ0) is 18.1. The van der Waals surface area contributed by atoms with Gasteiger partial charge in [0.2, 0.25) is 5.56 Å². The number of phenolic OH excluding ortho intramolecular Hbond substituents is 1. The van der Waals surface area contributed by atoms with Crippen molar-refractivity contribution in [1.82, 2.24) is 10.3 Å².